The first-order valence-electron chi connectivity index (χ1n) is 9.16. The van der Waals surface area contributed by atoms with E-state index >= 15 is 0 Å². The number of cyclic esters (lactones) is 1. The van der Waals surface area contributed by atoms with E-state index in [0.717, 1.165) is 11.1 Å². The number of aliphatic imine (C=N–C) groups is 1. The van der Waals surface area contributed by atoms with E-state index in [4.69, 9.17) is 14.2 Å². The van der Waals surface area contributed by atoms with Gasteiger partial charge < -0.3 is 14.2 Å². The van der Waals surface area contributed by atoms with Crippen LogP contribution in [0, 0.1) is 0 Å². The minimum Gasteiger partial charge on any atom is -0.493 e. The molecule has 144 valence electrons. The van der Waals surface area contributed by atoms with Crippen molar-refractivity contribution in [2.45, 2.75) is 6.61 Å². The number of carbonyl (C=O) groups is 1. The van der Waals surface area contributed by atoms with Gasteiger partial charge >= 0.3 is 5.97 Å². The lowest BCUT2D eigenvalue weighted by Crippen LogP contribution is -2.05. The van der Waals surface area contributed by atoms with Gasteiger partial charge in [0.25, 0.3) is 0 Å². The molecule has 4 rings (SSSR count). The molecule has 0 aromatic heterocycles. The van der Waals surface area contributed by atoms with Crippen molar-refractivity contribution in [3.8, 4) is 11.5 Å². The van der Waals surface area contributed by atoms with Gasteiger partial charge in [-0.15, -0.1) is 0 Å². The quantitative estimate of drug-likeness (QED) is 0.459. The normalized spacial score (nSPS) is 14.4. The Morgan fingerprint density at radius 1 is 0.931 bits per heavy atom. The number of carbonyl (C=O) groups excluding carboxylic acids is 1. The molecule has 0 aliphatic carbocycles. The summed E-state index contributed by atoms with van der Waals surface area (Å²) in [4.78, 5) is 16.7. The van der Waals surface area contributed by atoms with E-state index in [1.165, 1.54) is 0 Å². The summed E-state index contributed by atoms with van der Waals surface area (Å²) >= 11 is 0. The Bertz CT molecular complexity index is 1070. The summed E-state index contributed by atoms with van der Waals surface area (Å²) in [6, 6.07) is 24.6. The highest BCUT2D eigenvalue weighted by Gasteiger charge is 2.24. The molecule has 1 heterocycles. The Hall–Kier alpha value is -3.86. The Morgan fingerprint density at radius 3 is 2.38 bits per heavy atom. The Balaban J connectivity index is 1.66. The summed E-state index contributed by atoms with van der Waals surface area (Å²) in [6.45, 7) is 0.375. The molecule has 0 N–H and O–H groups in total. The molecule has 0 saturated carbocycles. The number of hydrogen-bond acceptors (Lipinski definition) is 5. The molecule has 0 amide bonds. The number of hydrogen-bond donors (Lipinski definition) is 0. The predicted octanol–water partition coefficient (Wildman–Crippen LogP) is 4.62. The van der Waals surface area contributed by atoms with Gasteiger partial charge in [0, 0.05) is 11.1 Å². The largest absolute Gasteiger partial charge is 0.493 e. The molecule has 5 nitrogen and oxygen atoms in total. The van der Waals surface area contributed by atoms with E-state index in [2.05, 4.69) is 4.99 Å². The van der Waals surface area contributed by atoms with Gasteiger partial charge in [-0.2, -0.15) is 0 Å². The number of para-hydroxylation sites is 1. The van der Waals surface area contributed by atoms with Crippen LogP contribution < -0.4 is 9.47 Å². The van der Waals surface area contributed by atoms with Gasteiger partial charge in [0.2, 0.25) is 5.90 Å². The van der Waals surface area contributed by atoms with E-state index in [1.54, 1.807) is 13.2 Å². The predicted molar refractivity (Wildman–Crippen MR) is 111 cm³/mol. The topological polar surface area (TPSA) is 57.1 Å². The van der Waals surface area contributed by atoms with E-state index in [0.29, 0.717) is 23.7 Å². The monoisotopic (exact) mass is 385 g/mol. The van der Waals surface area contributed by atoms with Gasteiger partial charge in [-0.3, -0.25) is 0 Å². The molecule has 1 aliphatic heterocycles. The fourth-order valence-electron chi connectivity index (χ4n) is 2.95. The van der Waals surface area contributed by atoms with E-state index in [-0.39, 0.29) is 11.6 Å². The minimum absolute atomic E-state index is 0.210. The Morgan fingerprint density at radius 2 is 1.66 bits per heavy atom. The van der Waals surface area contributed by atoms with Crippen LogP contribution in [0.15, 0.2) is 89.6 Å². The van der Waals surface area contributed by atoms with Crippen molar-refractivity contribution in [2.75, 3.05) is 7.11 Å². The molecule has 0 fully saturated rings. The number of methoxy groups -OCH3 is 1. The van der Waals surface area contributed by atoms with Crippen LogP contribution in [0.25, 0.3) is 6.08 Å². The van der Waals surface area contributed by atoms with Gasteiger partial charge in [0.1, 0.15) is 6.61 Å². The summed E-state index contributed by atoms with van der Waals surface area (Å²) in [6.07, 6.45) is 1.65. The van der Waals surface area contributed by atoms with E-state index in [9.17, 15) is 4.79 Å². The van der Waals surface area contributed by atoms with Gasteiger partial charge in [-0.05, 0) is 29.8 Å². The number of ether oxygens (including phenoxy) is 3. The molecule has 29 heavy (non-hydrogen) atoms. The second-order valence-corrected chi connectivity index (χ2v) is 6.35. The highest BCUT2D eigenvalue weighted by atomic mass is 16.6. The molecular weight excluding hydrogens is 366 g/mol. The first-order chi connectivity index (χ1) is 14.2. The Labute approximate surface area is 168 Å². The first kappa shape index (κ1) is 18.5. The maximum Gasteiger partial charge on any atom is 0.363 e. The van der Waals surface area contributed by atoms with Crippen LogP contribution in [-0.2, 0) is 16.1 Å². The van der Waals surface area contributed by atoms with Gasteiger partial charge in [0.15, 0.2) is 17.2 Å². The average Bonchev–Trinajstić information content (AvgIpc) is 3.14. The van der Waals surface area contributed by atoms with Crippen molar-refractivity contribution in [1.82, 2.24) is 0 Å². The van der Waals surface area contributed by atoms with E-state index in [1.807, 2.05) is 78.9 Å². The molecule has 3 aromatic rings. The van der Waals surface area contributed by atoms with Crippen LogP contribution in [0.5, 0.6) is 11.5 Å². The van der Waals surface area contributed by atoms with Crippen molar-refractivity contribution >= 4 is 17.9 Å². The van der Waals surface area contributed by atoms with Crippen LogP contribution in [-0.4, -0.2) is 19.0 Å². The second kappa shape index (κ2) is 8.44. The number of nitrogens with zero attached hydrogens (tertiary/aromatic N) is 1. The third kappa shape index (κ3) is 4.19. The van der Waals surface area contributed by atoms with Gasteiger partial charge in [-0.25, -0.2) is 9.79 Å². The van der Waals surface area contributed by atoms with Crippen molar-refractivity contribution < 1.29 is 19.0 Å². The summed E-state index contributed by atoms with van der Waals surface area (Å²) in [5.74, 6) is 0.911. The number of esters is 1. The standard InChI is InChI=1S/C24H19NO4/c1-27-21-14-8-13-19(22(21)28-16-17-9-4-2-5-10-17)15-20-24(26)29-23(25-20)18-11-6-3-7-12-18/h2-15H,16H2,1H3/b20-15-. The molecule has 5 heteroatoms. The maximum atomic E-state index is 12.3. The number of benzene rings is 3. The average molecular weight is 385 g/mol. The zero-order chi connectivity index (χ0) is 20.1. The minimum atomic E-state index is -0.499. The molecule has 3 aromatic carbocycles. The SMILES string of the molecule is COc1cccc(/C=C2\N=C(c3ccccc3)OC2=O)c1OCc1ccccc1. The molecule has 0 bridgehead atoms. The fourth-order valence-corrected chi connectivity index (χ4v) is 2.95. The third-order valence-electron chi connectivity index (χ3n) is 4.39. The van der Waals surface area contributed by atoms with Crippen molar-refractivity contribution in [3.63, 3.8) is 0 Å². The molecular formula is C24H19NO4. The Kier molecular flexibility index (Phi) is 5.38. The second-order valence-electron chi connectivity index (χ2n) is 6.35. The molecule has 0 atom stereocenters. The summed E-state index contributed by atoms with van der Waals surface area (Å²) in [5.41, 5.74) is 2.67. The van der Waals surface area contributed by atoms with Crippen LogP contribution >= 0.6 is 0 Å². The lowest BCUT2D eigenvalue weighted by molar-refractivity contribution is -0.129. The van der Waals surface area contributed by atoms with Crippen LogP contribution in [0.3, 0.4) is 0 Å². The summed E-state index contributed by atoms with van der Waals surface area (Å²) in [5, 5.41) is 0. The zero-order valence-electron chi connectivity index (χ0n) is 15.9. The van der Waals surface area contributed by atoms with E-state index < -0.39 is 5.97 Å². The van der Waals surface area contributed by atoms with Crippen molar-refractivity contribution in [2.24, 2.45) is 4.99 Å². The fraction of sp³-hybridized carbons (Fsp3) is 0.0833. The van der Waals surface area contributed by atoms with Crippen molar-refractivity contribution in [1.29, 1.82) is 0 Å². The van der Waals surface area contributed by atoms with Gasteiger partial charge in [-0.1, -0.05) is 60.7 Å². The lowest BCUT2D eigenvalue weighted by Gasteiger charge is -2.13. The lowest BCUT2D eigenvalue weighted by atomic mass is 10.1. The highest BCUT2D eigenvalue weighted by molar-refractivity contribution is 6.12. The zero-order valence-corrected chi connectivity index (χ0v) is 15.9. The van der Waals surface area contributed by atoms with Gasteiger partial charge in [0.05, 0.1) is 7.11 Å². The molecule has 0 radical (unpaired) electrons. The third-order valence-corrected chi connectivity index (χ3v) is 4.39. The smallest absolute Gasteiger partial charge is 0.363 e. The number of rotatable bonds is 6. The molecule has 0 saturated heterocycles. The molecule has 0 spiro atoms. The maximum absolute atomic E-state index is 12.3. The summed E-state index contributed by atoms with van der Waals surface area (Å²) in [7, 11) is 1.58. The highest BCUT2D eigenvalue weighted by Crippen LogP contribution is 2.34. The van der Waals surface area contributed by atoms with Crippen LogP contribution in [0.4, 0.5) is 0 Å². The first-order valence-corrected chi connectivity index (χ1v) is 9.16. The van der Waals surface area contributed by atoms with Crippen molar-refractivity contribution in [3.05, 3.63) is 101 Å². The molecule has 0 unspecified atom stereocenters. The molecule has 1 aliphatic rings. The summed E-state index contributed by atoms with van der Waals surface area (Å²) < 4.78 is 16.8. The van der Waals surface area contributed by atoms with Crippen LogP contribution in [0.1, 0.15) is 16.7 Å². The van der Waals surface area contributed by atoms with Crippen LogP contribution in [0.2, 0.25) is 0 Å².